The molecule has 2 heterocycles. The van der Waals surface area contributed by atoms with Crippen LogP contribution in [-0.4, -0.2) is 75.7 Å². The normalized spacial score (nSPS) is 16.4. The lowest BCUT2D eigenvalue weighted by atomic mass is 9.81. The Bertz CT molecular complexity index is 2820. The minimum Gasteiger partial charge on any atom is -0.462 e. The molecule has 0 bridgehead atoms. The van der Waals surface area contributed by atoms with E-state index in [1.807, 2.05) is 48.5 Å². The predicted molar refractivity (Wildman–Crippen MR) is 277 cm³/mol. The van der Waals surface area contributed by atoms with Crippen molar-refractivity contribution in [3.05, 3.63) is 155 Å². The van der Waals surface area contributed by atoms with Crippen LogP contribution in [0.15, 0.2) is 131 Å². The number of esters is 2. The van der Waals surface area contributed by atoms with Crippen molar-refractivity contribution in [3.8, 4) is 23.0 Å². The summed E-state index contributed by atoms with van der Waals surface area (Å²) in [5, 5.41) is 1.05. The van der Waals surface area contributed by atoms with Gasteiger partial charge in [-0.1, -0.05) is 67.1 Å². The Morgan fingerprint density at radius 3 is 1.42 bits per heavy atom. The van der Waals surface area contributed by atoms with Crippen LogP contribution in [0, 0.1) is 0 Å². The van der Waals surface area contributed by atoms with Crippen LogP contribution < -0.4 is 9.47 Å². The molecule has 73 heavy (non-hydrogen) atoms. The van der Waals surface area contributed by atoms with Crippen LogP contribution in [0.4, 0.5) is 0 Å². The minimum atomic E-state index is -0.452. The summed E-state index contributed by atoms with van der Waals surface area (Å²) in [5.74, 6) is -0.677. The van der Waals surface area contributed by atoms with Gasteiger partial charge >= 0.3 is 11.9 Å². The fourth-order valence-corrected chi connectivity index (χ4v) is 10.0. The Kier molecular flexibility index (Phi) is 18.4. The van der Waals surface area contributed by atoms with Crippen LogP contribution >= 0.6 is 11.8 Å². The van der Waals surface area contributed by atoms with E-state index in [1.54, 1.807) is 72.8 Å². The molecule has 13 heteroatoms. The largest absolute Gasteiger partial charge is 0.462 e. The molecule has 3 aliphatic rings. The summed E-state index contributed by atoms with van der Waals surface area (Å²) in [5.41, 5.74) is 1.29. The highest BCUT2D eigenvalue weighted by Crippen LogP contribution is 2.49. The highest BCUT2D eigenvalue weighted by atomic mass is 32.2. The molecular weight excluding hydrogens is 945 g/mol. The molecule has 2 saturated heterocycles. The van der Waals surface area contributed by atoms with Gasteiger partial charge < -0.3 is 37.9 Å². The van der Waals surface area contributed by atoms with E-state index in [0.29, 0.717) is 59.8 Å². The van der Waals surface area contributed by atoms with Gasteiger partial charge in [0.05, 0.1) is 35.5 Å². The fraction of sp³-hybridized carbons (Fsp3) is 0.367. The van der Waals surface area contributed by atoms with Gasteiger partial charge in [-0.05, 0) is 156 Å². The first-order chi connectivity index (χ1) is 35.9. The topological polar surface area (TPSA) is 142 Å². The average molecular weight is 1010 g/mol. The van der Waals surface area contributed by atoms with Gasteiger partial charge in [-0.2, -0.15) is 0 Å². The number of fused-ring (bicyclic) bond motifs is 3. The van der Waals surface area contributed by atoms with Gasteiger partial charge in [-0.15, -0.1) is 0 Å². The molecule has 2 fully saturated rings. The number of hydrogen-bond acceptors (Lipinski definition) is 13. The Labute approximate surface area is 430 Å². The zero-order chi connectivity index (χ0) is 50.2. The molecule has 0 amide bonds. The molecule has 6 aromatic carbocycles. The number of hydrogen-bond donors (Lipinski definition) is 0. The maximum atomic E-state index is 14.8. The summed E-state index contributed by atoms with van der Waals surface area (Å²) in [6.07, 6.45) is 13.3. The molecule has 2 atom stereocenters. The Hall–Kier alpha value is -6.35. The molecule has 12 nitrogen and oxygen atoms in total. The van der Waals surface area contributed by atoms with Crippen molar-refractivity contribution in [2.45, 2.75) is 112 Å². The molecular formula is C60H62O12S. The van der Waals surface area contributed by atoms with Crippen molar-refractivity contribution in [2.24, 2.45) is 0 Å². The second-order valence-electron chi connectivity index (χ2n) is 18.4. The molecule has 0 N–H and O–H groups in total. The smallest absolute Gasteiger partial charge is 0.338 e. The van der Waals surface area contributed by atoms with Crippen molar-refractivity contribution >= 4 is 46.0 Å². The van der Waals surface area contributed by atoms with Crippen molar-refractivity contribution in [1.29, 1.82) is 0 Å². The van der Waals surface area contributed by atoms with Crippen molar-refractivity contribution in [2.75, 3.05) is 39.6 Å². The lowest BCUT2D eigenvalue weighted by Crippen LogP contribution is -2.22. The maximum absolute atomic E-state index is 14.8. The number of ether oxygens (including phenoxy) is 8. The third kappa shape index (κ3) is 13.6. The number of benzene rings is 6. The molecule has 1 aliphatic carbocycles. The average Bonchev–Trinajstić information content (AvgIpc) is 3.43. The Morgan fingerprint density at radius 1 is 0.479 bits per heavy atom. The molecule has 2 aliphatic heterocycles. The van der Waals surface area contributed by atoms with Crippen LogP contribution in [0.25, 0.3) is 10.8 Å². The van der Waals surface area contributed by atoms with Crippen LogP contribution in [0.3, 0.4) is 0 Å². The first-order valence-electron chi connectivity index (χ1n) is 25.8. The molecule has 0 saturated carbocycles. The van der Waals surface area contributed by atoms with E-state index in [4.69, 9.17) is 37.9 Å². The fourth-order valence-electron chi connectivity index (χ4n) is 9.17. The highest BCUT2D eigenvalue weighted by molar-refractivity contribution is 7.99. The summed E-state index contributed by atoms with van der Waals surface area (Å²) in [7, 11) is 0. The lowest BCUT2D eigenvalue weighted by Gasteiger charge is -2.25. The van der Waals surface area contributed by atoms with Crippen LogP contribution in [-0.2, 0) is 28.4 Å². The summed E-state index contributed by atoms with van der Waals surface area (Å²) >= 11 is 1.53. The Balaban J connectivity index is 0.911. The second-order valence-corrected chi connectivity index (χ2v) is 19.6. The van der Waals surface area contributed by atoms with Crippen LogP contribution in [0.1, 0.15) is 142 Å². The van der Waals surface area contributed by atoms with Gasteiger partial charge in [0.25, 0.3) is 0 Å². The van der Waals surface area contributed by atoms with E-state index in [0.717, 1.165) is 113 Å². The van der Waals surface area contributed by atoms with Gasteiger partial charge in [0.1, 0.15) is 23.0 Å². The monoisotopic (exact) mass is 1010 g/mol. The molecule has 6 aromatic rings. The number of carbonyl (C=O) groups excluding carboxylic acids is 4. The molecule has 2 unspecified atom stereocenters. The molecule has 0 radical (unpaired) electrons. The first-order valence-corrected chi connectivity index (χ1v) is 26.6. The third-order valence-electron chi connectivity index (χ3n) is 13.1. The number of unbranched alkanes of at least 4 members (excludes halogenated alkanes) is 6. The van der Waals surface area contributed by atoms with Gasteiger partial charge in [-0.3, -0.25) is 9.59 Å². The third-order valence-corrected chi connectivity index (χ3v) is 14.1. The van der Waals surface area contributed by atoms with E-state index in [-0.39, 0.29) is 46.3 Å². The lowest BCUT2D eigenvalue weighted by molar-refractivity contribution is -0.163. The minimum absolute atomic E-state index is 0.0522. The van der Waals surface area contributed by atoms with Gasteiger partial charge in [0, 0.05) is 58.1 Å². The van der Waals surface area contributed by atoms with Crippen LogP contribution in [0.2, 0.25) is 0 Å². The highest BCUT2D eigenvalue weighted by Gasteiger charge is 2.38. The summed E-state index contributed by atoms with van der Waals surface area (Å²) < 4.78 is 47.5. The molecule has 0 aromatic heterocycles. The summed E-state index contributed by atoms with van der Waals surface area (Å²) in [6, 6.07) is 35.4. The number of rotatable bonds is 24. The van der Waals surface area contributed by atoms with Crippen molar-refractivity contribution in [3.63, 3.8) is 0 Å². The van der Waals surface area contributed by atoms with Gasteiger partial charge in [-0.25, -0.2) is 9.59 Å². The standard InChI is InChI=1S/C60H62O12S/c61-55-47-20-8-9-21-48(47)56(62)54-53(55)57(71-43-28-24-41(25-29-43)59(63)69-38-14-3-1-12-34-65-51-22-10-16-36-67-51)49-33-32-46(73-45-18-6-5-7-19-45)40-50(49)58(54)72-44-30-26-42(27-31-44)60(64)70-39-15-4-2-13-35-66-52-23-11-17-37-68-52/h5-9,18-21,24-33,40,51-52H,1-4,10-17,22-23,34-39H2. The van der Waals surface area contributed by atoms with E-state index >= 15 is 0 Å². The summed E-state index contributed by atoms with van der Waals surface area (Å²) in [4.78, 5) is 57.6. The molecule has 0 spiro atoms. The quantitative estimate of drug-likeness (QED) is 0.0419. The number of ketones is 2. The van der Waals surface area contributed by atoms with E-state index in [1.165, 1.54) is 11.8 Å². The SMILES string of the molecule is O=C(OCCCCCCOC1CCCCO1)c1ccc(Oc2c3c(c(Oc4ccc(C(=O)OCCCCCCOC5CCCCO5)cc4)c4cc(Sc5ccccc5)ccc24)C(=O)c2ccccc2C3=O)cc1. The van der Waals surface area contributed by atoms with E-state index < -0.39 is 23.5 Å². The first kappa shape index (κ1) is 51.5. The van der Waals surface area contributed by atoms with Gasteiger partial charge in [0.2, 0.25) is 0 Å². The maximum Gasteiger partial charge on any atom is 0.338 e. The predicted octanol–water partition coefficient (Wildman–Crippen LogP) is 13.9. The zero-order valence-electron chi connectivity index (χ0n) is 41.2. The second kappa shape index (κ2) is 26.0. The van der Waals surface area contributed by atoms with Crippen LogP contribution in [0.5, 0.6) is 23.0 Å². The van der Waals surface area contributed by atoms with Crippen molar-refractivity contribution < 1.29 is 57.1 Å². The molecule has 380 valence electrons. The van der Waals surface area contributed by atoms with E-state index in [2.05, 4.69) is 0 Å². The van der Waals surface area contributed by atoms with Gasteiger partial charge in [0.15, 0.2) is 24.1 Å². The number of carbonyl (C=O) groups is 4. The molecule has 9 rings (SSSR count). The summed E-state index contributed by atoms with van der Waals surface area (Å²) in [6.45, 7) is 3.44. The Morgan fingerprint density at radius 2 is 0.945 bits per heavy atom. The zero-order valence-corrected chi connectivity index (χ0v) is 42.0. The van der Waals surface area contributed by atoms with E-state index in [9.17, 15) is 19.2 Å². The van der Waals surface area contributed by atoms with Crippen molar-refractivity contribution in [1.82, 2.24) is 0 Å².